The van der Waals surface area contributed by atoms with Crippen LogP contribution in [0.4, 0.5) is 0 Å². The van der Waals surface area contributed by atoms with E-state index in [0.29, 0.717) is 6.04 Å². The molecule has 4 heteroatoms. The van der Waals surface area contributed by atoms with Crippen molar-refractivity contribution in [2.45, 2.75) is 52.7 Å². The van der Waals surface area contributed by atoms with Gasteiger partial charge >= 0.3 is 0 Å². The number of hydrogen-bond donors (Lipinski definition) is 1. The van der Waals surface area contributed by atoms with Crippen LogP contribution < -0.4 is 10.1 Å². The highest BCUT2D eigenvalue weighted by atomic mass is 16.5. The van der Waals surface area contributed by atoms with Gasteiger partial charge in [-0.15, -0.1) is 0 Å². The summed E-state index contributed by atoms with van der Waals surface area (Å²) in [6.45, 7) is 15.2. The van der Waals surface area contributed by atoms with Crippen LogP contribution in [0.1, 0.15) is 43.9 Å². The highest BCUT2D eigenvalue weighted by Gasteiger charge is 2.24. The molecule has 0 bridgehead atoms. The summed E-state index contributed by atoms with van der Waals surface area (Å²) in [5, 5.41) is 3.43. The number of nitrogens with zero attached hydrogens (tertiary/aromatic N) is 2. The molecule has 24 heavy (non-hydrogen) atoms. The first kappa shape index (κ1) is 17.7. The lowest BCUT2D eigenvalue weighted by Gasteiger charge is -2.35. The quantitative estimate of drug-likeness (QED) is 0.867. The van der Waals surface area contributed by atoms with Gasteiger partial charge in [-0.05, 0) is 50.4 Å². The van der Waals surface area contributed by atoms with E-state index in [-0.39, 0.29) is 0 Å². The molecule has 1 aromatic rings. The molecule has 0 radical (unpaired) electrons. The second-order valence-electron chi connectivity index (χ2n) is 7.21. The third-order valence-electron chi connectivity index (χ3n) is 5.31. The molecule has 0 amide bonds. The third kappa shape index (κ3) is 4.11. The first-order chi connectivity index (χ1) is 11.7. The van der Waals surface area contributed by atoms with E-state index in [2.05, 4.69) is 48.0 Å². The number of piperazine rings is 1. The summed E-state index contributed by atoms with van der Waals surface area (Å²) in [5.74, 6) is 1.10. The van der Waals surface area contributed by atoms with E-state index in [1.54, 1.807) is 0 Å². The van der Waals surface area contributed by atoms with Crippen molar-refractivity contribution in [2.75, 3.05) is 39.3 Å². The van der Waals surface area contributed by atoms with Crippen molar-refractivity contribution in [1.82, 2.24) is 15.1 Å². The largest absolute Gasteiger partial charge is 0.494 e. The van der Waals surface area contributed by atoms with Crippen LogP contribution >= 0.6 is 0 Å². The molecule has 1 aromatic carbocycles. The van der Waals surface area contributed by atoms with Crippen LogP contribution in [-0.4, -0.2) is 55.2 Å². The zero-order valence-electron chi connectivity index (χ0n) is 15.6. The van der Waals surface area contributed by atoms with E-state index in [4.69, 9.17) is 4.74 Å². The standard InChI is InChI=1S/C20H33N3O/c1-4-8-23-15-18-13-20(24-5-2)19(12-17(18)11-16(23)3)14-22-9-6-21-7-10-22/h12-13,16,21H,4-11,14-15H2,1-3H3. The van der Waals surface area contributed by atoms with Gasteiger partial charge in [0.25, 0.3) is 0 Å². The molecule has 4 nitrogen and oxygen atoms in total. The van der Waals surface area contributed by atoms with Gasteiger partial charge in [-0.1, -0.05) is 13.0 Å². The summed E-state index contributed by atoms with van der Waals surface area (Å²) >= 11 is 0. The summed E-state index contributed by atoms with van der Waals surface area (Å²) in [7, 11) is 0. The van der Waals surface area contributed by atoms with Gasteiger partial charge in [0.05, 0.1) is 6.61 Å². The van der Waals surface area contributed by atoms with Crippen molar-refractivity contribution < 1.29 is 4.74 Å². The lowest BCUT2D eigenvalue weighted by molar-refractivity contribution is 0.183. The molecule has 1 fully saturated rings. The molecular formula is C20H33N3O. The normalized spacial score (nSPS) is 22.4. The Morgan fingerprint density at radius 1 is 1.17 bits per heavy atom. The third-order valence-corrected chi connectivity index (χ3v) is 5.31. The molecule has 1 unspecified atom stereocenters. The van der Waals surface area contributed by atoms with Crippen LogP contribution in [0.15, 0.2) is 12.1 Å². The van der Waals surface area contributed by atoms with Crippen molar-refractivity contribution in [2.24, 2.45) is 0 Å². The first-order valence-corrected chi connectivity index (χ1v) is 9.65. The Bertz CT molecular complexity index is 540. The van der Waals surface area contributed by atoms with Crippen LogP contribution in [0.3, 0.4) is 0 Å². The Balaban J connectivity index is 1.82. The Kier molecular flexibility index (Phi) is 6.14. The van der Waals surface area contributed by atoms with Gasteiger partial charge in [-0.25, -0.2) is 0 Å². The molecule has 0 aliphatic carbocycles. The van der Waals surface area contributed by atoms with Crippen molar-refractivity contribution in [1.29, 1.82) is 0 Å². The minimum Gasteiger partial charge on any atom is -0.494 e. The molecule has 0 spiro atoms. The molecule has 1 N–H and O–H groups in total. The maximum absolute atomic E-state index is 6.01. The second kappa shape index (κ2) is 8.32. The number of fused-ring (bicyclic) bond motifs is 1. The Morgan fingerprint density at radius 2 is 1.96 bits per heavy atom. The van der Waals surface area contributed by atoms with Crippen molar-refractivity contribution in [3.8, 4) is 5.75 Å². The molecule has 1 saturated heterocycles. The maximum atomic E-state index is 6.01. The van der Waals surface area contributed by atoms with E-state index in [0.717, 1.165) is 58.0 Å². The monoisotopic (exact) mass is 331 g/mol. The molecule has 2 heterocycles. The van der Waals surface area contributed by atoms with Crippen molar-refractivity contribution in [3.05, 3.63) is 28.8 Å². The van der Waals surface area contributed by atoms with E-state index < -0.39 is 0 Å². The maximum Gasteiger partial charge on any atom is 0.124 e. The second-order valence-corrected chi connectivity index (χ2v) is 7.21. The molecule has 2 aliphatic heterocycles. The zero-order chi connectivity index (χ0) is 16.9. The number of hydrogen-bond acceptors (Lipinski definition) is 4. The van der Waals surface area contributed by atoms with Gasteiger partial charge in [-0.2, -0.15) is 0 Å². The predicted octanol–water partition coefficient (Wildman–Crippen LogP) is 2.65. The number of benzene rings is 1. The van der Waals surface area contributed by atoms with Crippen LogP contribution in [-0.2, 0) is 19.5 Å². The van der Waals surface area contributed by atoms with Gasteiger partial charge < -0.3 is 10.1 Å². The molecule has 0 saturated carbocycles. The number of ether oxygens (including phenoxy) is 1. The summed E-state index contributed by atoms with van der Waals surface area (Å²) in [4.78, 5) is 5.14. The first-order valence-electron chi connectivity index (χ1n) is 9.65. The van der Waals surface area contributed by atoms with Crippen LogP contribution in [0.5, 0.6) is 5.75 Å². The molecule has 0 aromatic heterocycles. The highest BCUT2D eigenvalue weighted by Crippen LogP contribution is 2.31. The fourth-order valence-electron chi connectivity index (χ4n) is 3.99. The van der Waals surface area contributed by atoms with Gasteiger partial charge in [0, 0.05) is 50.9 Å². The highest BCUT2D eigenvalue weighted by molar-refractivity contribution is 5.44. The summed E-state index contributed by atoms with van der Waals surface area (Å²) in [5.41, 5.74) is 4.37. The number of nitrogens with one attached hydrogen (secondary N) is 1. The van der Waals surface area contributed by atoms with Crippen molar-refractivity contribution >= 4 is 0 Å². The average molecular weight is 332 g/mol. The summed E-state index contributed by atoms with van der Waals surface area (Å²) < 4.78 is 6.01. The van der Waals surface area contributed by atoms with Gasteiger partial charge in [0.1, 0.15) is 5.75 Å². The smallest absolute Gasteiger partial charge is 0.124 e. The fraction of sp³-hybridized carbons (Fsp3) is 0.700. The SMILES string of the molecule is CCCN1Cc2cc(OCC)c(CN3CCNCC3)cc2CC1C. The van der Waals surface area contributed by atoms with E-state index in [9.17, 15) is 0 Å². The lowest BCUT2D eigenvalue weighted by Crippen LogP contribution is -2.43. The Hall–Kier alpha value is -1.10. The van der Waals surface area contributed by atoms with E-state index >= 15 is 0 Å². The minimum absolute atomic E-state index is 0.641. The molecule has 3 rings (SSSR count). The Labute approximate surface area is 147 Å². The minimum atomic E-state index is 0.641. The van der Waals surface area contributed by atoms with Crippen LogP contribution in [0, 0.1) is 0 Å². The average Bonchev–Trinajstić information content (AvgIpc) is 2.58. The predicted molar refractivity (Wildman–Crippen MR) is 99.6 cm³/mol. The molecule has 1 atom stereocenters. The zero-order valence-corrected chi connectivity index (χ0v) is 15.6. The molecular weight excluding hydrogens is 298 g/mol. The van der Waals surface area contributed by atoms with E-state index in [1.165, 1.54) is 29.7 Å². The Morgan fingerprint density at radius 3 is 2.67 bits per heavy atom. The van der Waals surface area contributed by atoms with Gasteiger partial charge in [-0.3, -0.25) is 9.80 Å². The van der Waals surface area contributed by atoms with E-state index in [1.807, 2.05) is 0 Å². The molecule has 2 aliphatic rings. The van der Waals surface area contributed by atoms with Gasteiger partial charge in [0.2, 0.25) is 0 Å². The van der Waals surface area contributed by atoms with Crippen LogP contribution in [0.2, 0.25) is 0 Å². The number of rotatable bonds is 6. The lowest BCUT2D eigenvalue weighted by atomic mass is 9.92. The fourth-order valence-corrected chi connectivity index (χ4v) is 3.99. The topological polar surface area (TPSA) is 27.7 Å². The summed E-state index contributed by atoms with van der Waals surface area (Å²) in [6, 6.07) is 5.40. The van der Waals surface area contributed by atoms with Crippen molar-refractivity contribution in [3.63, 3.8) is 0 Å². The summed E-state index contributed by atoms with van der Waals surface area (Å²) in [6.07, 6.45) is 2.38. The van der Waals surface area contributed by atoms with Crippen LogP contribution in [0.25, 0.3) is 0 Å². The molecule has 134 valence electrons. The van der Waals surface area contributed by atoms with Gasteiger partial charge in [0.15, 0.2) is 0 Å².